The number of ether oxygens (including phenoxy) is 1. The number of carbonyl (C=O) groups is 3. The van der Waals surface area contributed by atoms with E-state index in [-0.39, 0.29) is 17.5 Å². The number of carbonyl (C=O) groups excluding carboxylic acids is 3. The van der Waals surface area contributed by atoms with Gasteiger partial charge < -0.3 is 15.4 Å². The Hall–Kier alpha value is -2.38. The maximum Gasteiger partial charge on any atom is 0.303 e. The summed E-state index contributed by atoms with van der Waals surface area (Å²) in [5.41, 5.74) is 5.10. The average Bonchev–Trinajstić information content (AvgIpc) is 2.95. The van der Waals surface area contributed by atoms with Crippen LogP contribution >= 0.6 is 0 Å². The molecule has 0 bridgehead atoms. The Balaban J connectivity index is 1.96. The smallest absolute Gasteiger partial charge is 0.303 e. The van der Waals surface area contributed by atoms with Crippen LogP contribution in [-0.4, -0.2) is 51.6 Å². The van der Waals surface area contributed by atoms with Gasteiger partial charge in [-0.3, -0.25) is 19.5 Å². The van der Waals surface area contributed by atoms with E-state index >= 15 is 0 Å². The summed E-state index contributed by atoms with van der Waals surface area (Å²) in [5, 5.41) is 6.71. The molecule has 1 aliphatic heterocycles. The number of aromatic nitrogens is 2. The first kappa shape index (κ1) is 17.0. The van der Waals surface area contributed by atoms with Crippen molar-refractivity contribution in [2.45, 2.75) is 45.1 Å². The van der Waals surface area contributed by atoms with Crippen molar-refractivity contribution in [2.24, 2.45) is 5.73 Å². The highest BCUT2D eigenvalue weighted by Gasteiger charge is 2.37. The molecule has 0 aromatic carbocycles. The van der Waals surface area contributed by atoms with Crippen LogP contribution in [0.15, 0.2) is 6.07 Å². The van der Waals surface area contributed by atoms with Crippen molar-refractivity contribution in [1.29, 1.82) is 0 Å². The van der Waals surface area contributed by atoms with Gasteiger partial charge in [-0.2, -0.15) is 5.10 Å². The standard InChI is InChI=1S/C15H22N4O4/c1-9(20)23-15(2,3)14(22)19-6-4-10(5-7-19)11-8-12(13(16)21)18-17-11/h8,10H,4-7H2,1-3H3,(H2,16,21)(H,17,18). The fourth-order valence-electron chi connectivity index (χ4n) is 2.85. The van der Waals surface area contributed by atoms with Gasteiger partial charge in [-0.05, 0) is 32.8 Å². The minimum Gasteiger partial charge on any atom is -0.450 e. The Morgan fingerprint density at radius 2 is 1.96 bits per heavy atom. The van der Waals surface area contributed by atoms with Crippen molar-refractivity contribution < 1.29 is 19.1 Å². The molecule has 1 aromatic heterocycles. The van der Waals surface area contributed by atoms with E-state index in [0.29, 0.717) is 13.1 Å². The molecule has 0 saturated carbocycles. The number of nitrogens with two attached hydrogens (primary N) is 1. The Morgan fingerprint density at radius 3 is 2.43 bits per heavy atom. The van der Waals surface area contributed by atoms with E-state index in [1.807, 2.05) is 0 Å². The summed E-state index contributed by atoms with van der Waals surface area (Å²) < 4.78 is 5.10. The highest BCUT2D eigenvalue weighted by Crippen LogP contribution is 2.28. The molecule has 2 amide bonds. The van der Waals surface area contributed by atoms with E-state index in [4.69, 9.17) is 10.5 Å². The number of H-pyrrole nitrogens is 1. The van der Waals surface area contributed by atoms with Gasteiger partial charge in [0.05, 0.1) is 0 Å². The lowest BCUT2D eigenvalue weighted by atomic mass is 9.92. The first-order valence-corrected chi connectivity index (χ1v) is 7.55. The van der Waals surface area contributed by atoms with Gasteiger partial charge in [-0.25, -0.2) is 0 Å². The molecule has 2 heterocycles. The van der Waals surface area contributed by atoms with Crippen LogP contribution < -0.4 is 5.73 Å². The Kier molecular flexibility index (Phi) is 4.72. The predicted molar refractivity (Wildman–Crippen MR) is 81.5 cm³/mol. The number of hydrogen-bond donors (Lipinski definition) is 2. The van der Waals surface area contributed by atoms with Gasteiger partial charge in [0.2, 0.25) is 0 Å². The normalized spacial score (nSPS) is 16.2. The largest absolute Gasteiger partial charge is 0.450 e. The monoisotopic (exact) mass is 322 g/mol. The van der Waals surface area contributed by atoms with Crippen LogP contribution in [-0.2, 0) is 14.3 Å². The van der Waals surface area contributed by atoms with Gasteiger partial charge in [0.1, 0.15) is 5.69 Å². The number of esters is 1. The minimum absolute atomic E-state index is 0.191. The molecule has 0 atom stereocenters. The van der Waals surface area contributed by atoms with Gasteiger partial charge >= 0.3 is 5.97 Å². The van der Waals surface area contributed by atoms with Crippen molar-refractivity contribution >= 4 is 17.8 Å². The van der Waals surface area contributed by atoms with Crippen molar-refractivity contribution in [1.82, 2.24) is 15.1 Å². The van der Waals surface area contributed by atoms with Gasteiger partial charge in [0.15, 0.2) is 5.60 Å². The first-order valence-electron chi connectivity index (χ1n) is 7.55. The topological polar surface area (TPSA) is 118 Å². The molecular formula is C15H22N4O4. The van der Waals surface area contributed by atoms with Gasteiger partial charge in [0, 0.05) is 31.6 Å². The number of nitrogens with zero attached hydrogens (tertiary/aromatic N) is 2. The van der Waals surface area contributed by atoms with Crippen LogP contribution in [0.25, 0.3) is 0 Å². The summed E-state index contributed by atoms with van der Waals surface area (Å²) in [6.45, 7) is 5.59. The molecule has 23 heavy (non-hydrogen) atoms. The van der Waals surface area contributed by atoms with E-state index in [2.05, 4.69) is 10.2 Å². The second kappa shape index (κ2) is 6.39. The van der Waals surface area contributed by atoms with Crippen LogP contribution in [0.1, 0.15) is 55.7 Å². The SMILES string of the molecule is CC(=O)OC(C)(C)C(=O)N1CCC(c2cc(C(N)=O)n[nH]2)CC1. The molecule has 0 unspecified atom stereocenters. The summed E-state index contributed by atoms with van der Waals surface area (Å²) in [6, 6.07) is 1.66. The summed E-state index contributed by atoms with van der Waals surface area (Å²) in [7, 11) is 0. The van der Waals surface area contributed by atoms with Crippen LogP contribution in [0, 0.1) is 0 Å². The molecule has 126 valence electrons. The highest BCUT2D eigenvalue weighted by molar-refractivity contribution is 5.90. The Labute approximate surface area is 134 Å². The molecule has 1 aromatic rings. The zero-order valence-corrected chi connectivity index (χ0v) is 13.6. The summed E-state index contributed by atoms with van der Waals surface area (Å²) >= 11 is 0. The van der Waals surface area contributed by atoms with Gasteiger partial charge in [-0.1, -0.05) is 0 Å². The van der Waals surface area contributed by atoms with E-state index in [1.165, 1.54) is 6.92 Å². The number of piperidine rings is 1. The van der Waals surface area contributed by atoms with E-state index in [0.717, 1.165) is 18.5 Å². The Bertz CT molecular complexity index is 615. The molecule has 1 saturated heterocycles. The van der Waals surface area contributed by atoms with Crippen LogP contribution in [0.5, 0.6) is 0 Å². The highest BCUT2D eigenvalue weighted by atomic mass is 16.6. The molecule has 8 nitrogen and oxygen atoms in total. The maximum atomic E-state index is 12.5. The van der Waals surface area contributed by atoms with E-state index < -0.39 is 17.5 Å². The maximum absolute atomic E-state index is 12.5. The minimum atomic E-state index is -1.16. The Morgan fingerprint density at radius 1 is 1.35 bits per heavy atom. The van der Waals surface area contributed by atoms with E-state index in [9.17, 15) is 14.4 Å². The van der Waals surface area contributed by atoms with Crippen molar-refractivity contribution in [2.75, 3.05) is 13.1 Å². The number of nitrogens with one attached hydrogen (secondary N) is 1. The molecule has 1 aliphatic rings. The first-order chi connectivity index (χ1) is 10.7. The van der Waals surface area contributed by atoms with Crippen molar-refractivity contribution in [3.8, 4) is 0 Å². The second-order valence-electron chi connectivity index (χ2n) is 6.24. The van der Waals surface area contributed by atoms with Gasteiger partial charge in [-0.15, -0.1) is 0 Å². The number of rotatable bonds is 4. The zero-order valence-electron chi connectivity index (χ0n) is 13.6. The molecule has 2 rings (SSSR count). The third-order valence-electron chi connectivity index (χ3n) is 3.99. The van der Waals surface area contributed by atoms with Gasteiger partial charge in [0.25, 0.3) is 11.8 Å². The lowest BCUT2D eigenvalue weighted by molar-refractivity contribution is -0.169. The number of likely N-dealkylation sites (tertiary alicyclic amines) is 1. The molecule has 3 N–H and O–H groups in total. The fourth-order valence-corrected chi connectivity index (χ4v) is 2.85. The van der Waals surface area contributed by atoms with Crippen molar-refractivity contribution in [3.63, 3.8) is 0 Å². The lowest BCUT2D eigenvalue weighted by Crippen LogP contribution is -2.50. The predicted octanol–water partition coefficient (Wildman–Crippen LogP) is 0.556. The third-order valence-corrected chi connectivity index (χ3v) is 3.99. The molecule has 1 fully saturated rings. The molecular weight excluding hydrogens is 300 g/mol. The number of aromatic amines is 1. The van der Waals surface area contributed by atoms with E-state index in [1.54, 1.807) is 24.8 Å². The zero-order chi connectivity index (χ0) is 17.2. The van der Waals surface area contributed by atoms with Crippen LogP contribution in [0.4, 0.5) is 0 Å². The lowest BCUT2D eigenvalue weighted by Gasteiger charge is -2.36. The number of amides is 2. The molecule has 0 radical (unpaired) electrons. The van der Waals surface area contributed by atoms with Crippen molar-refractivity contribution in [3.05, 3.63) is 17.5 Å². The number of hydrogen-bond acceptors (Lipinski definition) is 5. The summed E-state index contributed by atoms with van der Waals surface area (Å²) in [4.78, 5) is 36.3. The third kappa shape index (κ3) is 3.88. The van der Waals surface area contributed by atoms with Crippen LogP contribution in [0.3, 0.4) is 0 Å². The summed E-state index contributed by atoms with van der Waals surface area (Å²) in [5.74, 6) is -1.05. The fraction of sp³-hybridized carbons (Fsp3) is 0.600. The quantitative estimate of drug-likeness (QED) is 0.785. The summed E-state index contributed by atoms with van der Waals surface area (Å²) in [6.07, 6.45) is 1.48. The van der Waals surface area contributed by atoms with Crippen LogP contribution in [0.2, 0.25) is 0 Å². The molecule has 0 spiro atoms. The molecule has 0 aliphatic carbocycles. The average molecular weight is 322 g/mol. The molecule has 8 heteroatoms. The number of primary amides is 1. The second-order valence-corrected chi connectivity index (χ2v) is 6.24.